The molecule has 0 saturated carbocycles. The summed E-state index contributed by atoms with van der Waals surface area (Å²) in [5, 5.41) is 0. The third kappa shape index (κ3) is 5.30. The molecule has 116 valence electrons. The molecule has 0 unspecified atom stereocenters. The highest BCUT2D eigenvalue weighted by Crippen LogP contribution is 2.32. The summed E-state index contributed by atoms with van der Waals surface area (Å²) in [6, 6.07) is 14.1. The zero-order valence-corrected chi connectivity index (χ0v) is 14.0. The maximum atomic E-state index is 12.9. The second-order valence-electron chi connectivity index (χ2n) is 6.29. The molecule has 1 nitrogen and oxygen atoms in total. The van der Waals surface area contributed by atoms with E-state index in [1.165, 1.54) is 12.1 Å². The summed E-state index contributed by atoms with van der Waals surface area (Å²) in [6.45, 7) is 6.46. The fourth-order valence-corrected chi connectivity index (χ4v) is 3.18. The monoisotopic (exact) mass is 316 g/mol. The summed E-state index contributed by atoms with van der Waals surface area (Å²) in [7, 11) is 0. The zero-order valence-electron chi connectivity index (χ0n) is 13.2. The predicted molar refractivity (Wildman–Crippen MR) is 91.1 cm³/mol. The average molecular weight is 316 g/mol. The largest absolute Gasteiger partial charge is 0.294 e. The van der Waals surface area contributed by atoms with Gasteiger partial charge in [-0.3, -0.25) is 4.79 Å². The van der Waals surface area contributed by atoms with Crippen molar-refractivity contribution in [1.29, 1.82) is 0 Å². The Labute approximate surface area is 135 Å². The van der Waals surface area contributed by atoms with Crippen LogP contribution in [0.3, 0.4) is 0 Å². The van der Waals surface area contributed by atoms with Crippen molar-refractivity contribution in [1.82, 2.24) is 0 Å². The summed E-state index contributed by atoms with van der Waals surface area (Å²) >= 11 is 1.75. The third-order valence-electron chi connectivity index (χ3n) is 3.13. The molecule has 0 aromatic heterocycles. The summed E-state index contributed by atoms with van der Waals surface area (Å²) in [5.74, 6) is -0.123. The van der Waals surface area contributed by atoms with Gasteiger partial charge in [0.05, 0.1) is 0 Å². The van der Waals surface area contributed by atoms with Crippen LogP contribution in [0.4, 0.5) is 4.39 Å². The zero-order chi connectivity index (χ0) is 16.2. The molecule has 0 bridgehead atoms. The van der Waals surface area contributed by atoms with E-state index in [0.29, 0.717) is 12.8 Å². The first-order chi connectivity index (χ1) is 10.3. The fraction of sp³-hybridized carbons (Fsp3) is 0.316. The van der Waals surface area contributed by atoms with E-state index < -0.39 is 0 Å². The van der Waals surface area contributed by atoms with Gasteiger partial charge in [-0.2, -0.15) is 0 Å². The number of rotatable bonds is 5. The van der Waals surface area contributed by atoms with E-state index >= 15 is 0 Å². The number of ketones is 1. The minimum absolute atomic E-state index is 0.121. The molecular formula is C19H21FOS. The number of aryl methyl sites for hydroxylation is 1. The molecule has 0 aliphatic rings. The number of thioether (sulfide) groups is 1. The number of carbonyl (C=O) groups is 1. The van der Waals surface area contributed by atoms with Crippen molar-refractivity contribution < 1.29 is 9.18 Å². The highest BCUT2D eigenvalue weighted by molar-refractivity contribution is 8.00. The van der Waals surface area contributed by atoms with Crippen LogP contribution in [-0.4, -0.2) is 10.5 Å². The SMILES string of the molecule is CC(C)(C)Sc1cccc(C(=O)CCc2ccc(F)cc2)c1. The Morgan fingerprint density at radius 1 is 1.09 bits per heavy atom. The van der Waals surface area contributed by atoms with Crippen molar-refractivity contribution in [2.24, 2.45) is 0 Å². The normalized spacial score (nSPS) is 11.5. The highest BCUT2D eigenvalue weighted by Gasteiger charge is 2.13. The van der Waals surface area contributed by atoms with Gasteiger partial charge in [-0.1, -0.05) is 45.0 Å². The Hall–Kier alpha value is -1.61. The van der Waals surface area contributed by atoms with Crippen LogP contribution in [0.2, 0.25) is 0 Å². The molecule has 2 aromatic carbocycles. The molecule has 0 spiro atoms. The predicted octanol–water partition coefficient (Wildman–Crippen LogP) is 5.53. The molecule has 0 amide bonds. The minimum atomic E-state index is -0.248. The molecule has 0 saturated heterocycles. The van der Waals surface area contributed by atoms with E-state index in [2.05, 4.69) is 20.8 Å². The van der Waals surface area contributed by atoms with Crippen molar-refractivity contribution in [3.8, 4) is 0 Å². The Kier molecular flexibility index (Phi) is 5.41. The molecule has 22 heavy (non-hydrogen) atoms. The molecule has 3 heteroatoms. The van der Waals surface area contributed by atoms with Crippen LogP contribution < -0.4 is 0 Å². The summed E-state index contributed by atoms with van der Waals surface area (Å²) < 4.78 is 13.0. The maximum absolute atomic E-state index is 12.9. The van der Waals surface area contributed by atoms with E-state index in [1.807, 2.05) is 24.3 Å². The number of benzene rings is 2. The second kappa shape index (κ2) is 7.10. The summed E-state index contributed by atoms with van der Waals surface area (Å²) in [4.78, 5) is 13.4. The molecule has 0 radical (unpaired) electrons. The number of carbonyl (C=O) groups excluding carboxylic acids is 1. The molecule has 0 atom stereocenters. The van der Waals surface area contributed by atoms with Crippen molar-refractivity contribution in [2.45, 2.75) is 43.3 Å². The van der Waals surface area contributed by atoms with Crippen LogP contribution in [0, 0.1) is 5.82 Å². The van der Waals surface area contributed by atoms with E-state index in [4.69, 9.17) is 0 Å². The van der Waals surface area contributed by atoms with E-state index in [1.54, 1.807) is 23.9 Å². The smallest absolute Gasteiger partial charge is 0.163 e. The molecule has 2 rings (SSSR count). The lowest BCUT2D eigenvalue weighted by Crippen LogP contribution is -2.07. The molecule has 0 heterocycles. The fourth-order valence-electron chi connectivity index (χ4n) is 2.14. The first-order valence-corrected chi connectivity index (χ1v) is 8.22. The molecule has 0 fully saturated rings. The number of Topliss-reactive ketones (excluding diaryl/α,β-unsaturated/α-hetero) is 1. The Morgan fingerprint density at radius 3 is 2.41 bits per heavy atom. The average Bonchev–Trinajstić information content (AvgIpc) is 2.45. The van der Waals surface area contributed by atoms with Gasteiger partial charge in [0, 0.05) is 21.6 Å². The van der Waals surface area contributed by atoms with E-state index in [-0.39, 0.29) is 16.3 Å². The van der Waals surface area contributed by atoms with E-state index in [0.717, 1.165) is 16.0 Å². The lowest BCUT2D eigenvalue weighted by molar-refractivity contribution is 0.0982. The Morgan fingerprint density at radius 2 is 1.77 bits per heavy atom. The number of hydrogen-bond donors (Lipinski definition) is 0. The Balaban J connectivity index is 2.00. The van der Waals surface area contributed by atoms with Gasteiger partial charge in [0.1, 0.15) is 5.82 Å². The minimum Gasteiger partial charge on any atom is -0.294 e. The van der Waals surface area contributed by atoms with Crippen LogP contribution in [-0.2, 0) is 6.42 Å². The lowest BCUT2D eigenvalue weighted by Gasteiger charge is -2.17. The van der Waals surface area contributed by atoms with Gasteiger partial charge in [-0.25, -0.2) is 4.39 Å². The summed E-state index contributed by atoms with van der Waals surface area (Å²) in [5.41, 5.74) is 1.73. The molecule has 0 N–H and O–H groups in total. The topological polar surface area (TPSA) is 17.1 Å². The molecule has 2 aromatic rings. The van der Waals surface area contributed by atoms with E-state index in [9.17, 15) is 9.18 Å². The standard InChI is InChI=1S/C19H21FOS/c1-19(2,3)22-17-6-4-5-15(13-17)18(21)12-9-14-7-10-16(20)11-8-14/h4-8,10-11,13H,9,12H2,1-3H3. The van der Waals surface area contributed by atoms with Crippen molar-refractivity contribution in [3.63, 3.8) is 0 Å². The van der Waals surface area contributed by atoms with Crippen LogP contribution in [0.25, 0.3) is 0 Å². The Bertz CT molecular complexity index is 641. The first-order valence-electron chi connectivity index (χ1n) is 7.40. The number of halogens is 1. The second-order valence-corrected chi connectivity index (χ2v) is 8.19. The van der Waals surface area contributed by atoms with Gasteiger partial charge in [-0.05, 0) is 36.2 Å². The van der Waals surface area contributed by atoms with Gasteiger partial charge < -0.3 is 0 Å². The third-order valence-corrected chi connectivity index (χ3v) is 4.24. The van der Waals surface area contributed by atoms with Gasteiger partial charge in [-0.15, -0.1) is 11.8 Å². The van der Waals surface area contributed by atoms with Gasteiger partial charge in [0.2, 0.25) is 0 Å². The quantitative estimate of drug-likeness (QED) is 0.533. The first kappa shape index (κ1) is 16.8. The van der Waals surface area contributed by atoms with Gasteiger partial charge in [0.15, 0.2) is 5.78 Å². The van der Waals surface area contributed by atoms with Crippen LogP contribution >= 0.6 is 11.8 Å². The van der Waals surface area contributed by atoms with Crippen LogP contribution in [0.1, 0.15) is 43.1 Å². The molecule has 0 aliphatic heterocycles. The van der Waals surface area contributed by atoms with Gasteiger partial charge in [0.25, 0.3) is 0 Å². The lowest BCUT2D eigenvalue weighted by atomic mass is 10.0. The highest BCUT2D eigenvalue weighted by atomic mass is 32.2. The van der Waals surface area contributed by atoms with Crippen LogP contribution in [0.15, 0.2) is 53.4 Å². The maximum Gasteiger partial charge on any atom is 0.163 e. The molecule has 0 aliphatic carbocycles. The van der Waals surface area contributed by atoms with Crippen molar-refractivity contribution >= 4 is 17.5 Å². The molecular weight excluding hydrogens is 295 g/mol. The van der Waals surface area contributed by atoms with Crippen molar-refractivity contribution in [2.75, 3.05) is 0 Å². The van der Waals surface area contributed by atoms with Crippen LogP contribution in [0.5, 0.6) is 0 Å². The van der Waals surface area contributed by atoms with Crippen molar-refractivity contribution in [3.05, 3.63) is 65.5 Å². The number of hydrogen-bond acceptors (Lipinski definition) is 2. The summed E-state index contributed by atoms with van der Waals surface area (Å²) in [6.07, 6.45) is 1.07. The van der Waals surface area contributed by atoms with Gasteiger partial charge >= 0.3 is 0 Å².